The van der Waals surface area contributed by atoms with Gasteiger partial charge >= 0.3 is 12.2 Å². The van der Waals surface area contributed by atoms with E-state index in [0.717, 1.165) is 13.1 Å². The molecule has 0 saturated heterocycles. The predicted molar refractivity (Wildman–Crippen MR) is 99.6 cm³/mol. The van der Waals surface area contributed by atoms with Gasteiger partial charge in [-0.3, -0.25) is 9.48 Å². The minimum atomic E-state index is -4.48. The number of halogens is 5. The van der Waals surface area contributed by atoms with Crippen LogP contribution in [0, 0.1) is 11.9 Å². The molecule has 0 fully saturated rings. The second kappa shape index (κ2) is 8.21. The van der Waals surface area contributed by atoms with Crippen molar-refractivity contribution in [2.24, 2.45) is 5.92 Å². The van der Waals surface area contributed by atoms with Crippen molar-refractivity contribution in [2.75, 3.05) is 5.32 Å². The molecule has 162 valence electrons. The maximum Gasteiger partial charge on any atom is 0.391 e. The lowest BCUT2D eigenvalue weighted by molar-refractivity contribution is -0.168. The van der Waals surface area contributed by atoms with E-state index in [9.17, 15) is 27.2 Å². The number of hydrogen-bond donors (Lipinski definition) is 1. The Balaban J connectivity index is 1.79. The number of hydrogen-bond acceptors (Lipinski definition) is 4. The highest BCUT2D eigenvalue weighted by molar-refractivity contribution is 6.33. The second-order valence-electron chi connectivity index (χ2n) is 7.13. The molecular formula is C18H18ClF4N5O2. The van der Waals surface area contributed by atoms with Gasteiger partial charge in [0.2, 0.25) is 5.95 Å². The lowest BCUT2D eigenvalue weighted by Crippen LogP contribution is -2.47. The van der Waals surface area contributed by atoms with Gasteiger partial charge in [0, 0.05) is 12.6 Å². The molecule has 1 N–H and O–H groups in total. The van der Waals surface area contributed by atoms with Crippen molar-refractivity contribution in [3.63, 3.8) is 0 Å². The third-order valence-corrected chi connectivity index (χ3v) is 5.30. The third kappa shape index (κ3) is 4.40. The molecule has 2 aromatic heterocycles. The number of carbonyl (C=O) groups excluding carboxylic acids is 2. The number of rotatable bonds is 4. The van der Waals surface area contributed by atoms with E-state index in [0.29, 0.717) is 5.69 Å². The zero-order valence-corrected chi connectivity index (χ0v) is 16.8. The number of ketones is 1. The Kier molecular flexibility index (Phi) is 6.02. The van der Waals surface area contributed by atoms with Crippen molar-refractivity contribution in [2.45, 2.75) is 45.6 Å². The van der Waals surface area contributed by atoms with Crippen LogP contribution in [0.2, 0.25) is 5.02 Å². The maximum atomic E-state index is 13.5. The van der Waals surface area contributed by atoms with Crippen LogP contribution < -0.4 is 5.32 Å². The molecule has 7 nitrogen and oxygen atoms in total. The number of pyridine rings is 1. The van der Waals surface area contributed by atoms with Crippen molar-refractivity contribution < 1.29 is 27.2 Å². The number of alkyl halides is 3. The summed E-state index contributed by atoms with van der Waals surface area (Å²) in [6, 6.07) is 0.375. The Hall–Kier alpha value is -2.69. The lowest BCUT2D eigenvalue weighted by atomic mass is 9.99. The molecule has 0 spiro atoms. The Labute approximate surface area is 174 Å². The summed E-state index contributed by atoms with van der Waals surface area (Å²) in [5, 5.41) is 6.22. The third-order valence-electron chi connectivity index (χ3n) is 4.94. The molecule has 0 aliphatic carbocycles. The molecule has 12 heteroatoms. The fourth-order valence-corrected chi connectivity index (χ4v) is 3.27. The van der Waals surface area contributed by atoms with E-state index < -0.39 is 36.3 Å². The topological polar surface area (TPSA) is 80.1 Å². The number of urea groups is 1. The summed E-state index contributed by atoms with van der Waals surface area (Å²) >= 11 is 5.81. The zero-order valence-electron chi connectivity index (χ0n) is 16.0. The first-order chi connectivity index (χ1) is 14.0. The van der Waals surface area contributed by atoms with Crippen LogP contribution in [0.5, 0.6) is 0 Å². The summed E-state index contributed by atoms with van der Waals surface area (Å²) in [5.41, 5.74) is 0.411. The summed E-state index contributed by atoms with van der Waals surface area (Å²) in [6.07, 6.45) is -2.83. The number of nitrogens with one attached hydrogen (secondary N) is 1. The maximum absolute atomic E-state index is 13.5. The molecule has 0 unspecified atom stereocenters. The number of Topliss-reactive ketones (excluding diaryl/α,β-unsaturated/α-hetero) is 1. The molecule has 30 heavy (non-hydrogen) atoms. The van der Waals surface area contributed by atoms with Gasteiger partial charge in [-0.25, -0.2) is 9.78 Å². The average molecular weight is 448 g/mol. The van der Waals surface area contributed by atoms with Crippen LogP contribution in [0.1, 0.15) is 36.3 Å². The van der Waals surface area contributed by atoms with E-state index in [1.165, 1.54) is 21.8 Å². The molecular weight excluding hydrogens is 430 g/mol. The van der Waals surface area contributed by atoms with E-state index in [4.69, 9.17) is 11.6 Å². The van der Waals surface area contributed by atoms with Crippen LogP contribution in [0.4, 0.5) is 28.0 Å². The van der Waals surface area contributed by atoms with Gasteiger partial charge in [-0.15, -0.1) is 0 Å². The van der Waals surface area contributed by atoms with Crippen molar-refractivity contribution in [1.82, 2.24) is 19.7 Å². The highest BCUT2D eigenvalue weighted by Crippen LogP contribution is 2.31. The van der Waals surface area contributed by atoms with Crippen LogP contribution in [0.3, 0.4) is 0 Å². The van der Waals surface area contributed by atoms with Gasteiger partial charge in [0.25, 0.3) is 0 Å². The second-order valence-corrected chi connectivity index (χ2v) is 7.51. The fraction of sp³-hybridized carbons (Fsp3) is 0.444. The normalized spacial score (nSPS) is 17.4. The molecule has 0 radical (unpaired) electrons. The van der Waals surface area contributed by atoms with E-state index in [2.05, 4.69) is 15.4 Å². The van der Waals surface area contributed by atoms with Crippen molar-refractivity contribution >= 4 is 29.1 Å². The monoisotopic (exact) mass is 447 g/mol. The van der Waals surface area contributed by atoms with E-state index in [1.807, 2.05) is 0 Å². The molecule has 2 amide bonds. The van der Waals surface area contributed by atoms with E-state index in [-0.39, 0.29) is 35.4 Å². The smallest absolute Gasteiger partial charge is 0.314 e. The summed E-state index contributed by atoms with van der Waals surface area (Å²) in [6.45, 7) is 2.86. The van der Waals surface area contributed by atoms with Crippen LogP contribution in [-0.2, 0) is 13.1 Å². The fourth-order valence-electron chi connectivity index (χ4n) is 3.11. The number of anilines is 1. The largest absolute Gasteiger partial charge is 0.391 e. The highest BCUT2D eigenvalue weighted by atomic mass is 35.5. The first-order valence-corrected chi connectivity index (χ1v) is 9.39. The summed E-state index contributed by atoms with van der Waals surface area (Å²) in [4.78, 5) is 29.9. The van der Waals surface area contributed by atoms with Crippen molar-refractivity contribution in [1.29, 1.82) is 0 Å². The van der Waals surface area contributed by atoms with Crippen LogP contribution in [0.15, 0.2) is 18.5 Å². The Morgan fingerprint density at radius 2 is 2.10 bits per heavy atom. The first kappa shape index (κ1) is 22.0. The molecule has 0 bridgehead atoms. The lowest BCUT2D eigenvalue weighted by Gasteiger charge is -2.34. The number of aromatic nitrogens is 3. The molecule has 2 aromatic rings. The van der Waals surface area contributed by atoms with Crippen LogP contribution >= 0.6 is 11.6 Å². The Bertz CT molecular complexity index is 978. The SMILES string of the molecule is C[C@@H]1Cn2ncc(C(=O)C[C@H](C)C(F)(F)F)c2CN1C(=O)Nc1ccnc(F)c1Cl. The molecule has 0 aromatic carbocycles. The number of nitrogens with zero attached hydrogens (tertiary/aromatic N) is 4. The molecule has 1 aliphatic rings. The number of amides is 2. The summed E-state index contributed by atoms with van der Waals surface area (Å²) < 4.78 is 53.4. The molecule has 0 saturated carbocycles. The van der Waals surface area contributed by atoms with Gasteiger partial charge in [-0.1, -0.05) is 18.5 Å². The first-order valence-electron chi connectivity index (χ1n) is 9.01. The minimum absolute atomic E-state index is 0.0238. The van der Waals surface area contributed by atoms with E-state index in [1.54, 1.807) is 6.92 Å². The van der Waals surface area contributed by atoms with Crippen molar-refractivity contribution in [3.8, 4) is 0 Å². The molecule has 2 atom stereocenters. The van der Waals surface area contributed by atoms with Crippen LogP contribution in [0.25, 0.3) is 0 Å². The average Bonchev–Trinajstić information content (AvgIpc) is 3.06. The Morgan fingerprint density at radius 1 is 1.40 bits per heavy atom. The van der Waals surface area contributed by atoms with Gasteiger partial charge in [0.15, 0.2) is 5.78 Å². The van der Waals surface area contributed by atoms with Crippen LogP contribution in [-0.4, -0.2) is 43.7 Å². The minimum Gasteiger partial charge on any atom is -0.314 e. The summed E-state index contributed by atoms with van der Waals surface area (Å²) in [7, 11) is 0. The molecule has 3 rings (SSSR count). The van der Waals surface area contributed by atoms with Crippen molar-refractivity contribution in [3.05, 3.63) is 40.7 Å². The molecule has 3 heterocycles. The van der Waals surface area contributed by atoms with E-state index >= 15 is 0 Å². The van der Waals surface area contributed by atoms with Gasteiger partial charge in [0.1, 0.15) is 5.02 Å². The standard InChI is InChI=1S/C18H18ClF4N5O2/c1-9(18(21,22)23)5-14(29)11-6-25-28-7-10(2)27(8-13(11)28)17(30)26-12-3-4-24-16(20)15(12)19/h3-4,6,9-10H,5,7-8H2,1-2H3,(H,24,26,30)/t9-,10+/m0/s1. The number of fused-ring (bicyclic) bond motifs is 1. The quantitative estimate of drug-likeness (QED) is 0.431. The zero-order chi connectivity index (χ0) is 22.2. The predicted octanol–water partition coefficient (Wildman–Crippen LogP) is 4.28. The Morgan fingerprint density at radius 3 is 2.77 bits per heavy atom. The molecule has 1 aliphatic heterocycles. The highest BCUT2D eigenvalue weighted by Gasteiger charge is 2.38. The summed E-state index contributed by atoms with van der Waals surface area (Å²) in [5.74, 6) is -3.44. The van der Waals surface area contributed by atoms with Gasteiger partial charge in [0.05, 0.1) is 48.2 Å². The number of carbonyl (C=O) groups is 2. The van der Waals surface area contributed by atoms with Gasteiger partial charge < -0.3 is 10.2 Å². The van der Waals surface area contributed by atoms with Gasteiger partial charge in [-0.2, -0.15) is 22.7 Å². The van der Waals surface area contributed by atoms with Gasteiger partial charge in [-0.05, 0) is 13.0 Å².